The van der Waals surface area contributed by atoms with Crippen LogP contribution in [0.15, 0.2) is 67.0 Å². The number of benzene rings is 2. The summed E-state index contributed by atoms with van der Waals surface area (Å²) in [4.78, 5) is 16.3. The summed E-state index contributed by atoms with van der Waals surface area (Å²) in [5.74, 6) is 0.0366. The van der Waals surface area contributed by atoms with Gasteiger partial charge in [-0.05, 0) is 23.1 Å². The third-order valence-corrected chi connectivity index (χ3v) is 4.46. The summed E-state index contributed by atoms with van der Waals surface area (Å²) in [6, 6.07) is 18.5. The largest absolute Gasteiger partial charge is 0.330 e. The minimum Gasteiger partial charge on any atom is -0.330 e. The summed E-state index contributed by atoms with van der Waals surface area (Å²) in [7, 11) is 0. The minimum atomic E-state index is -0.0563. The SMILES string of the molecule is O=C(Cn1nccn1)N1CCc2ccccc2[C@@H]1c1ccccc1. The number of carbonyl (C=O) groups is 1. The normalized spacial score (nSPS) is 16.7. The molecule has 0 saturated heterocycles. The number of hydrogen-bond acceptors (Lipinski definition) is 3. The minimum absolute atomic E-state index is 0.0366. The molecule has 0 fully saturated rings. The van der Waals surface area contributed by atoms with Crippen LogP contribution in [-0.4, -0.2) is 32.3 Å². The van der Waals surface area contributed by atoms with E-state index in [9.17, 15) is 4.79 Å². The quantitative estimate of drug-likeness (QED) is 0.745. The lowest BCUT2D eigenvalue weighted by atomic mass is 9.88. The molecule has 120 valence electrons. The van der Waals surface area contributed by atoms with Crippen LogP contribution in [-0.2, 0) is 17.8 Å². The van der Waals surface area contributed by atoms with Gasteiger partial charge >= 0.3 is 0 Å². The van der Waals surface area contributed by atoms with Crippen LogP contribution in [0.5, 0.6) is 0 Å². The van der Waals surface area contributed by atoms with E-state index in [0.717, 1.165) is 12.0 Å². The van der Waals surface area contributed by atoms with Gasteiger partial charge in [0.1, 0.15) is 6.54 Å². The van der Waals surface area contributed by atoms with Crippen molar-refractivity contribution in [1.82, 2.24) is 19.9 Å². The number of rotatable bonds is 3. The highest BCUT2D eigenvalue weighted by molar-refractivity contribution is 5.77. The maximum absolute atomic E-state index is 12.9. The predicted octanol–water partition coefficient (Wildman–Crippen LogP) is 2.45. The Bertz CT molecular complexity index is 830. The molecule has 0 aliphatic carbocycles. The van der Waals surface area contributed by atoms with Gasteiger partial charge in [0.15, 0.2) is 0 Å². The molecule has 1 amide bonds. The van der Waals surface area contributed by atoms with Crippen molar-refractivity contribution in [3.63, 3.8) is 0 Å². The van der Waals surface area contributed by atoms with E-state index in [0.29, 0.717) is 6.54 Å². The van der Waals surface area contributed by atoms with E-state index in [2.05, 4.69) is 40.5 Å². The Hall–Kier alpha value is -2.95. The number of fused-ring (bicyclic) bond motifs is 1. The van der Waals surface area contributed by atoms with Crippen molar-refractivity contribution in [3.05, 3.63) is 83.7 Å². The topological polar surface area (TPSA) is 51.0 Å². The zero-order chi connectivity index (χ0) is 16.4. The highest BCUT2D eigenvalue weighted by Gasteiger charge is 2.31. The lowest BCUT2D eigenvalue weighted by Crippen LogP contribution is -2.42. The molecule has 5 nitrogen and oxygen atoms in total. The lowest BCUT2D eigenvalue weighted by Gasteiger charge is -2.37. The maximum atomic E-state index is 12.9. The van der Waals surface area contributed by atoms with Gasteiger partial charge in [-0.15, -0.1) is 0 Å². The van der Waals surface area contributed by atoms with Crippen molar-refractivity contribution < 1.29 is 4.79 Å². The van der Waals surface area contributed by atoms with Crippen molar-refractivity contribution in [2.24, 2.45) is 0 Å². The number of aromatic nitrogens is 3. The Balaban J connectivity index is 1.72. The number of hydrogen-bond donors (Lipinski definition) is 0. The Morgan fingerprint density at radius 1 is 1.00 bits per heavy atom. The van der Waals surface area contributed by atoms with Crippen molar-refractivity contribution in [2.45, 2.75) is 19.0 Å². The second-order valence-corrected chi connectivity index (χ2v) is 5.91. The van der Waals surface area contributed by atoms with Crippen LogP contribution in [0.4, 0.5) is 0 Å². The first kappa shape index (κ1) is 14.6. The zero-order valence-corrected chi connectivity index (χ0v) is 13.2. The van der Waals surface area contributed by atoms with Crippen molar-refractivity contribution in [3.8, 4) is 0 Å². The number of nitrogens with zero attached hydrogens (tertiary/aromatic N) is 4. The first-order chi connectivity index (χ1) is 11.8. The van der Waals surface area contributed by atoms with Crippen molar-refractivity contribution >= 4 is 5.91 Å². The first-order valence-corrected chi connectivity index (χ1v) is 8.09. The Morgan fingerprint density at radius 3 is 2.50 bits per heavy atom. The van der Waals surface area contributed by atoms with Crippen LogP contribution in [0.3, 0.4) is 0 Å². The van der Waals surface area contributed by atoms with Crippen LogP contribution >= 0.6 is 0 Å². The second kappa shape index (κ2) is 6.28. The molecule has 1 atom stereocenters. The van der Waals surface area contributed by atoms with E-state index in [1.165, 1.54) is 15.9 Å². The molecule has 3 aromatic rings. The fourth-order valence-electron chi connectivity index (χ4n) is 3.37. The molecule has 0 saturated carbocycles. The average Bonchev–Trinajstić information content (AvgIpc) is 3.14. The smallest absolute Gasteiger partial charge is 0.246 e. The molecule has 1 aliphatic heterocycles. The zero-order valence-electron chi connectivity index (χ0n) is 13.2. The maximum Gasteiger partial charge on any atom is 0.246 e. The van der Waals surface area contributed by atoms with Gasteiger partial charge in [-0.25, -0.2) is 0 Å². The van der Waals surface area contributed by atoms with Crippen LogP contribution in [0.25, 0.3) is 0 Å². The highest BCUT2D eigenvalue weighted by atomic mass is 16.2. The van der Waals surface area contributed by atoms with Crippen LogP contribution in [0.2, 0.25) is 0 Å². The molecule has 0 bridgehead atoms. The van der Waals surface area contributed by atoms with Gasteiger partial charge < -0.3 is 4.90 Å². The summed E-state index contributed by atoms with van der Waals surface area (Å²) < 4.78 is 0. The molecular weight excluding hydrogens is 300 g/mol. The number of carbonyl (C=O) groups excluding carboxylic acids is 1. The monoisotopic (exact) mass is 318 g/mol. The summed E-state index contributed by atoms with van der Waals surface area (Å²) >= 11 is 0. The second-order valence-electron chi connectivity index (χ2n) is 5.91. The third kappa shape index (κ3) is 2.69. The molecule has 1 aliphatic rings. The van der Waals surface area contributed by atoms with Crippen molar-refractivity contribution in [2.75, 3.05) is 6.54 Å². The Morgan fingerprint density at radius 2 is 1.71 bits per heavy atom. The average molecular weight is 318 g/mol. The molecule has 5 heteroatoms. The van der Waals surface area contributed by atoms with E-state index in [1.54, 1.807) is 12.4 Å². The van der Waals surface area contributed by atoms with Gasteiger partial charge in [0.05, 0.1) is 18.4 Å². The molecule has 0 N–H and O–H groups in total. The van der Waals surface area contributed by atoms with Gasteiger partial charge in [0.25, 0.3) is 0 Å². The van der Waals surface area contributed by atoms with Gasteiger partial charge in [-0.1, -0.05) is 54.6 Å². The molecule has 24 heavy (non-hydrogen) atoms. The summed E-state index contributed by atoms with van der Waals surface area (Å²) in [5.41, 5.74) is 3.65. The number of amides is 1. The van der Waals surface area contributed by atoms with E-state index in [1.807, 2.05) is 29.2 Å². The van der Waals surface area contributed by atoms with Gasteiger partial charge in [-0.3, -0.25) is 4.79 Å². The molecule has 1 aromatic heterocycles. The fourth-order valence-corrected chi connectivity index (χ4v) is 3.37. The third-order valence-electron chi connectivity index (χ3n) is 4.46. The summed E-state index contributed by atoms with van der Waals surface area (Å²) in [5, 5.41) is 8.10. The molecular formula is C19H18N4O. The van der Waals surface area contributed by atoms with E-state index >= 15 is 0 Å². The highest BCUT2D eigenvalue weighted by Crippen LogP contribution is 2.35. The van der Waals surface area contributed by atoms with Crippen LogP contribution in [0.1, 0.15) is 22.7 Å². The molecule has 0 radical (unpaired) electrons. The summed E-state index contributed by atoms with van der Waals surface area (Å²) in [6.45, 7) is 0.870. The van der Waals surface area contributed by atoms with E-state index in [-0.39, 0.29) is 18.5 Å². The Kier molecular flexibility index (Phi) is 3.83. The Labute approximate surface area is 140 Å². The van der Waals surface area contributed by atoms with Crippen LogP contribution < -0.4 is 0 Å². The summed E-state index contributed by atoms with van der Waals surface area (Å²) in [6.07, 6.45) is 4.05. The van der Waals surface area contributed by atoms with Gasteiger partial charge in [0.2, 0.25) is 5.91 Å². The van der Waals surface area contributed by atoms with Crippen LogP contribution in [0, 0.1) is 0 Å². The predicted molar refractivity (Wildman–Crippen MR) is 90.2 cm³/mol. The van der Waals surface area contributed by atoms with Gasteiger partial charge in [-0.2, -0.15) is 15.0 Å². The molecule has 4 rings (SSSR count). The first-order valence-electron chi connectivity index (χ1n) is 8.09. The fraction of sp³-hybridized carbons (Fsp3) is 0.211. The molecule has 2 heterocycles. The molecule has 0 spiro atoms. The van der Waals surface area contributed by atoms with Gasteiger partial charge in [0, 0.05) is 6.54 Å². The lowest BCUT2D eigenvalue weighted by molar-refractivity contribution is -0.134. The van der Waals surface area contributed by atoms with Crippen molar-refractivity contribution in [1.29, 1.82) is 0 Å². The van der Waals surface area contributed by atoms with E-state index < -0.39 is 0 Å². The molecule has 2 aromatic carbocycles. The standard InChI is InChI=1S/C19H18N4O/c24-18(14-23-20-11-12-21-23)22-13-10-15-6-4-5-9-17(15)19(22)16-7-2-1-3-8-16/h1-9,11-12,19H,10,13-14H2/t19-/m0/s1. The van der Waals surface area contributed by atoms with E-state index in [4.69, 9.17) is 0 Å². The molecule has 0 unspecified atom stereocenters.